The van der Waals surface area contributed by atoms with Gasteiger partial charge in [0.2, 0.25) is 10.0 Å². The highest BCUT2D eigenvalue weighted by atomic mass is 32.2. The molecule has 0 radical (unpaired) electrons. The number of amides is 1. The maximum Gasteiger partial charge on any atom is 0.266 e. The summed E-state index contributed by atoms with van der Waals surface area (Å²) in [5, 5.41) is 0.0787. The Bertz CT molecular complexity index is 787. The van der Waals surface area contributed by atoms with Crippen LogP contribution in [0.3, 0.4) is 0 Å². The van der Waals surface area contributed by atoms with E-state index in [0.717, 1.165) is 0 Å². The number of sulfonamides is 1. The summed E-state index contributed by atoms with van der Waals surface area (Å²) in [5.74, 6) is -0.744. The molecule has 2 heterocycles. The topological polar surface area (TPSA) is 89.0 Å². The number of pyridine rings is 2. The Hall–Kier alpha value is -2.02. The van der Waals surface area contributed by atoms with Crippen molar-refractivity contribution >= 4 is 26.8 Å². The lowest BCUT2D eigenvalue weighted by Gasteiger charge is -2.19. The van der Waals surface area contributed by atoms with Crippen molar-refractivity contribution in [3.05, 3.63) is 36.3 Å². The lowest BCUT2D eigenvalue weighted by atomic mass is 10.1. The molecule has 0 aromatic carbocycles. The molecule has 0 aliphatic rings. The third kappa shape index (κ3) is 3.41. The molecule has 1 atom stereocenters. The van der Waals surface area contributed by atoms with E-state index in [1.54, 1.807) is 31.5 Å². The number of fused-ring (bicyclic) bond motifs is 1. The lowest BCUT2D eigenvalue weighted by Crippen LogP contribution is -2.40. The van der Waals surface area contributed by atoms with Crippen molar-refractivity contribution in [2.45, 2.75) is 32.4 Å². The number of carbonyl (C=O) groups is 1. The Balaban J connectivity index is 2.27. The number of nitrogens with zero attached hydrogens (tertiary/aromatic N) is 2. The van der Waals surface area contributed by atoms with Gasteiger partial charge in [-0.15, -0.1) is 0 Å². The monoisotopic (exact) mass is 321 g/mol. The smallest absolute Gasteiger partial charge is 0.266 e. The van der Waals surface area contributed by atoms with Crippen molar-refractivity contribution in [3.63, 3.8) is 0 Å². The molecule has 1 unspecified atom stereocenters. The van der Waals surface area contributed by atoms with Crippen LogP contribution in [-0.4, -0.2) is 29.5 Å². The molecule has 0 aliphatic heterocycles. The molecule has 2 aromatic rings. The molecule has 2 rings (SSSR count). The molecule has 0 fully saturated rings. The van der Waals surface area contributed by atoms with Crippen LogP contribution in [-0.2, 0) is 10.0 Å². The normalized spacial score (nSPS) is 13.3. The summed E-state index contributed by atoms with van der Waals surface area (Å²) < 4.78 is 26.7. The summed E-state index contributed by atoms with van der Waals surface area (Å²) in [6, 6.07) is 3.30. The fraction of sp³-hybridized carbons (Fsp3) is 0.400. The van der Waals surface area contributed by atoms with E-state index in [1.165, 1.54) is 6.20 Å². The Morgan fingerprint density at radius 1 is 1.32 bits per heavy atom. The van der Waals surface area contributed by atoms with E-state index in [1.807, 2.05) is 13.8 Å². The van der Waals surface area contributed by atoms with Crippen LogP contribution >= 0.6 is 0 Å². The van der Waals surface area contributed by atoms with Gasteiger partial charge in [-0.3, -0.25) is 14.8 Å². The highest BCUT2D eigenvalue weighted by Gasteiger charge is 2.28. The zero-order chi connectivity index (χ0) is 16.3. The Labute approximate surface area is 130 Å². The van der Waals surface area contributed by atoms with Crippen LogP contribution in [0.15, 0.2) is 30.7 Å². The molecule has 1 amide bonds. The molecule has 0 saturated heterocycles. The van der Waals surface area contributed by atoms with Gasteiger partial charge in [0.15, 0.2) is 0 Å². The molecule has 7 heteroatoms. The molecule has 118 valence electrons. The number of aromatic nitrogens is 2. The predicted octanol–water partition coefficient (Wildman–Crippen LogP) is 2.12. The maximum atomic E-state index is 12.3. The Kier molecular flexibility index (Phi) is 4.75. The van der Waals surface area contributed by atoms with Crippen molar-refractivity contribution in [1.82, 2.24) is 14.7 Å². The van der Waals surface area contributed by atoms with Gasteiger partial charge in [-0.05, 0) is 24.5 Å². The molecule has 0 spiro atoms. The van der Waals surface area contributed by atoms with E-state index in [4.69, 9.17) is 0 Å². The highest BCUT2D eigenvalue weighted by Crippen LogP contribution is 2.16. The first-order chi connectivity index (χ1) is 10.3. The van der Waals surface area contributed by atoms with Gasteiger partial charge in [-0.1, -0.05) is 20.8 Å². The van der Waals surface area contributed by atoms with Gasteiger partial charge in [0.05, 0.1) is 16.3 Å². The molecule has 2 aromatic heterocycles. The van der Waals surface area contributed by atoms with Crippen molar-refractivity contribution in [1.29, 1.82) is 0 Å². The van der Waals surface area contributed by atoms with Crippen LogP contribution < -0.4 is 4.72 Å². The van der Waals surface area contributed by atoms with Crippen LogP contribution in [0.25, 0.3) is 10.9 Å². The van der Waals surface area contributed by atoms with E-state index in [-0.39, 0.29) is 11.5 Å². The largest absolute Gasteiger partial charge is 0.268 e. The second-order valence-corrected chi connectivity index (χ2v) is 7.36. The lowest BCUT2D eigenvalue weighted by molar-refractivity contribution is 0.0980. The number of rotatable bonds is 5. The number of hydrogen-bond donors (Lipinski definition) is 1. The van der Waals surface area contributed by atoms with Gasteiger partial charge >= 0.3 is 0 Å². The minimum Gasteiger partial charge on any atom is -0.268 e. The molecule has 1 N–H and O–H groups in total. The summed E-state index contributed by atoms with van der Waals surface area (Å²) in [6.45, 7) is 5.43. The maximum absolute atomic E-state index is 12.3. The molecular formula is C15H19N3O3S. The summed E-state index contributed by atoms with van der Waals surface area (Å²) in [7, 11) is -3.72. The highest BCUT2D eigenvalue weighted by molar-refractivity contribution is 7.90. The fourth-order valence-electron chi connectivity index (χ4n) is 2.41. The van der Waals surface area contributed by atoms with E-state index in [2.05, 4.69) is 14.7 Å². The Morgan fingerprint density at radius 3 is 2.68 bits per heavy atom. The third-order valence-electron chi connectivity index (χ3n) is 3.52. The molecular weight excluding hydrogens is 302 g/mol. The standard InChI is InChI=1S/C15H19N3O3S/c1-4-14(10(2)3)22(20,21)18-15(19)12-7-11-8-16-6-5-13(11)17-9-12/h5-10,14H,4H2,1-3H3,(H,18,19). The number of hydrogen-bond acceptors (Lipinski definition) is 5. The molecule has 0 aliphatic carbocycles. The van der Waals surface area contributed by atoms with Crippen LogP contribution in [0.1, 0.15) is 37.6 Å². The van der Waals surface area contributed by atoms with Crippen molar-refractivity contribution < 1.29 is 13.2 Å². The second kappa shape index (κ2) is 6.39. The van der Waals surface area contributed by atoms with Gasteiger partial charge in [0, 0.05) is 24.0 Å². The van der Waals surface area contributed by atoms with Gasteiger partial charge in [0.25, 0.3) is 5.91 Å². The Morgan fingerprint density at radius 2 is 2.05 bits per heavy atom. The molecule has 22 heavy (non-hydrogen) atoms. The first-order valence-corrected chi connectivity index (χ1v) is 8.65. The van der Waals surface area contributed by atoms with Crippen LogP contribution in [0.5, 0.6) is 0 Å². The molecule has 0 bridgehead atoms. The van der Waals surface area contributed by atoms with Crippen molar-refractivity contribution in [2.75, 3.05) is 0 Å². The summed E-state index contributed by atoms with van der Waals surface area (Å²) in [4.78, 5) is 20.3. The quantitative estimate of drug-likeness (QED) is 0.911. The van der Waals surface area contributed by atoms with Crippen LogP contribution in [0.4, 0.5) is 0 Å². The van der Waals surface area contributed by atoms with Crippen molar-refractivity contribution in [3.8, 4) is 0 Å². The fourth-order valence-corrected chi connectivity index (χ4v) is 4.09. The first-order valence-electron chi connectivity index (χ1n) is 7.11. The number of nitrogens with one attached hydrogen (secondary N) is 1. The van der Waals surface area contributed by atoms with Gasteiger partial charge < -0.3 is 0 Å². The average Bonchev–Trinajstić information content (AvgIpc) is 2.46. The predicted molar refractivity (Wildman–Crippen MR) is 84.8 cm³/mol. The minimum absolute atomic E-state index is 0.0748. The second-order valence-electron chi connectivity index (χ2n) is 5.46. The minimum atomic E-state index is -3.72. The summed E-state index contributed by atoms with van der Waals surface area (Å²) >= 11 is 0. The molecule has 0 saturated carbocycles. The van der Waals surface area contributed by atoms with Crippen LogP contribution in [0, 0.1) is 5.92 Å². The first kappa shape index (κ1) is 16.4. The summed E-state index contributed by atoms with van der Waals surface area (Å²) in [5.41, 5.74) is 0.894. The SMILES string of the molecule is CCC(C(C)C)S(=O)(=O)NC(=O)c1cnc2ccncc2c1. The zero-order valence-electron chi connectivity index (χ0n) is 12.8. The van der Waals surface area contributed by atoms with Crippen molar-refractivity contribution in [2.24, 2.45) is 5.92 Å². The van der Waals surface area contributed by atoms with E-state index >= 15 is 0 Å². The van der Waals surface area contributed by atoms with Gasteiger partial charge in [-0.25, -0.2) is 13.1 Å². The molecule has 6 nitrogen and oxygen atoms in total. The third-order valence-corrected chi connectivity index (χ3v) is 5.67. The van der Waals surface area contributed by atoms with E-state index < -0.39 is 21.2 Å². The van der Waals surface area contributed by atoms with E-state index in [9.17, 15) is 13.2 Å². The summed E-state index contributed by atoms with van der Waals surface area (Å²) in [6.07, 6.45) is 4.99. The van der Waals surface area contributed by atoms with Crippen LogP contribution in [0.2, 0.25) is 0 Å². The number of carbonyl (C=O) groups excluding carboxylic acids is 1. The van der Waals surface area contributed by atoms with E-state index in [0.29, 0.717) is 17.3 Å². The average molecular weight is 321 g/mol. The van der Waals surface area contributed by atoms with Gasteiger partial charge in [-0.2, -0.15) is 0 Å². The van der Waals surface area contributed by atoms with Gasteiger partial charge in [0.1, 0.15) is 0 Å². The zero-order valence-corrected chi connectivity index (χ0v) is 13.6.